The first kappa shape index (κ1) is 12.4. The standard InChI is InChI=1S/C9H12BrNOS2/c1-13-8-4-6(5-12-11)3-7(10)9(8)14-2/h3-4H,5,11H2,1-2H3. The van der Waals surface area contributed by atoms with E-state index in [-0.39, 0.29) is 0 Å². The van der Waals surface area contributed by atoms with E-state index in [9.17, 15) is 0 Å². The highest BCUT2D eigenvalue weighted by atomic mass is 79.9. The van der Waals surface area contributed by atoms with Crippen LogP contribution in [0, 0.1) is 0 Å². The first-order valence-electron chi connectivity index (χ1n) is 3.95. The maximum atomic E-state index is 5.05. The molecule has 0 spiro atoms. The van der Waals surface area contributed by atoms with Gasteiger partial charge < -0.3 is 0 Å². The predicted molar refractivity (Wildman–Crippen MR) is 66.7 cm³/mol. The van der Waals surface area contributed by atoms with Crippen LogP contribution in [0.25, 0.3) is 0 Å². The lowest BCUT2D eigenvalue weighted by molar-refractivity contribution is 0.124. The molecule has 78 valence electrons. The Hall–Kier alpha value is 0.320. The monoisotopic (exact) mass is 293 g/mol. The highest BCUT2D eigenvalue weighted by molar-refractivity contribution is 9.10. The van der Waals surface area contributed by atoms with Crippen molar-refractivity contribution in [3.8, 4) is 0 Å². The summed E-state index contributed by atoms with van der Waals surface area (Å²) in [5.74, 6) is 5.05. The largest absolute Gasteiger partial charge is 0.300 e. The molecule has 0 atom stereocenters. The molecule has 0 aliphatic carbocycles. The zero-order chi connectivity index (χ0) is 10.6. The molecular weight excluding hydrogens is 282 g/mol. The Bertz CT molecular complexity index is 320. The van der Waals surface area contributed by atoms with Gasteiger partial charge in [-0.1, -0.05) is 0 Å². The van der Waals surface area contributed by atoms with Gasteiger partial charge in [0.05, 0.1) is 6.61 Å². The second-order valence-corrected chi connectivity index (χ2v) is 5.14. The molecule has 5 heteroatoms. The highest BCUT2D eigenvalue weighted by Gasteiger charge is 2.07. The van der Waals surface area contributed by atoms with Crippen molar-refractivity contribution in [3.63, 3.8) is 0 Å². The maximum absolute atomic E-state index is 5.05. The smallest absolute Gasteiger partial charge is 0.0930 e. The molecular formula is C9H12BrNOS2. The number of hydrogen-bond acceptors (Lipinski definition) is 4. The summed E-state index contributed by atoms with van der Waals surface area (Å²) < 4.78 is 1.10. The average molecular weight is 294 g/mol. The first-order valence-corrected chi connectivity index (χ1v) is 7.19. The van der Waals surface area contributed by atoms with Crippen LogP contribution in [0.1, 0.15) is 5.56 Å². The summed E-state index contributed by atoms with van der Waals surface area (Å²) in [6.07, 6.45) is 4.13. The maximum Gasteiger partial charge on any atom is 0.0930 e. The fourth-order valence-corrected chi connectivity index (χ4v) is 3.85. The summed E-state index contributed by atoms with van der Waals surface area (Å²) in [6.45, 7) is 0.445. The first-order chi connectivity index (χ1) is 6.72. The molecule has 0 aromatic heterocycles. The number of benzene rings is 1. The van der Waals surface area contributed by atoms with Gasteiger partial charge in [0.2, 0.25) is 0 Å². The molecule has 0 radical (unpaired) electrons. The summed E-state index contributed by atoms with van der Waals surface area (Å²) in [5.41, 5.74) is 1.08. The summed E-state index contributed by atoms with van der Waals surface area (Å²) in [7, 11) is 0. The molecule has 0 fully saturated rings. The molecule has 0 heterocycles. The lowest BCUT2D eigenvalue weighted by atomic mass is 10.2. The third-order valence-electron chi connectivity index (χ3n) is 1.74. The average Bonchev–Trinajstić information content (AvgIpc) is 2.17. The Labute approximate surface area is 101 Å². The normalized spacial score (nSPS) is 10.6. The van der Waals surface area contributed by atoms with E-state index in [2.05, 4.69) is 39.3 Å². The fourth-order valence-electron chi connectivity index (χ4n) is 1.15. The quantitative estimate of drug-likeness (QED) is 0.683. The van der Waals surface area contributed by atoms with E-state index in [0.717, 1.165) is 10.0 Å². The molecule has 14 heavy (non-hydrogen) atoms. The van der Waals surface area contributed by atoms with Crippen molar-refractivity contribution >= 4 is 39.5 Å². The van der Waals surface area contributed by atoms with E-state index in [0.29, 0.717) is 6.61 Å². The third kappa shape index (κ3) is 2.90. The molecule has 1 rings (SSSR count). The minimum Gasteiger partial charge on any atom is -0.300 e. The third-order valence-corrected chi connectivity index (χ3v) is 4.37. The van der Waals surface area contributed by atoms with Crippen molar-refractivity contribution in [2.24, 2.45) is 5.90 Å². The molecule has 1 aromatic rings. The number of thioether (sulfide) groups is 2. The second-order valence-electron chi connectivity index (χ2n) is 2.62. The van der Waals surface area contributed by atoms with Crippen molar-refractivity contribution in [3.05, 3.63) is 22.2 Å². The highest BCUT2D eigenvalue weighted by Crippen LogP contribution is 2.35. The number of rotatable bonds is 4. The minimum atomic E-state index is 0.445. The van der Waals surface area contributed by atoms with Crippen molar-refractivity contribution in [2.75, 3.05) is 12.5 Å². The van der Waals surface area contributed by atoms with Crippen LogP contribution < -0.4 is 5.90 Å². The molecule has 1 aromatic carbocycles. The number of hydrogen-bond donors (Lipinski definition) is 1. The van der Waals surface area contributed by atoms with Gasteiger partial charge in [-0.25, -0.2) is 5.90 Å². The molecule has 2 N–H and O–H groups in total. The van der Waals surface area contributed by atoms with Crippen molar-refractivity contribution in [2.45, 2.75) is 16.4 Å². The molecule has 0 saturated heterocycles. The molecule has 0 aliphatic rings. The Morgan fingerprint density at radius 2 is 2.07 bits per heavy atom. The zero-order valence-corrected chi connectivity index (χ0v) is 11.3. The summed E-state index contributed by atoms with van der Waals surface area (Å²) in [6, 6.07) is 4.15. The topological polar surface area (TPSA) is 35.2 Å². The van der Waals surface area contributed by atoms with Gasteiger partial charge in [0.25, 0.3) is 0 Å². The zero-order valence-electron chi connectivity index (χ0n) is 8.04. The molecule has 0 amide bonds. The summed E-state index contributed by atoms with van der Waals surface area (Å²) >= 11 is 7.00. The summed E-state index contributed by atoms with van der Waals surface area (Å²) in [4.78, 5) is 7.13. The van der Waals surface area contributed by atoms with Gasteiger partial charge in [-0.2, -0.15) is 0 Å². The van der Waals surface area contributed by atoms with E-state index in [1.54, 1.807) is 23.5 Å². The van der Waals surface area contributed by atoms with Crippen LogP contribution in [0.15, 0.2) is 26.4 Å². The second kappa shape index (κ2) is 6.02. The minimum absolute atomic E-state index is 0.445. The van der Waals surface area contributed by atoms with Gasteiger partial charge >= 0.3 is 0 Å². The van der Waals surface area contributed by atoms with Crippen LogP contribution >= 0.6 is 39.5 Å². The lowest BCUT2D eigenvalue weighted by Crippen LogP contribution is -1.99. The molecule has 2 nitrogen and oxygen atoms in total. The van der Waals surface area contributed by atoms with Gasteiger partial charge in [0.1, 0.15) is 0 Å². The Kier molecular flexibility index (Phi) is 5.33. The summed E-state index contributed by atoms with van der Waals surface area (Å²) in [5, 5.41) is 0. The Balaban J connectivity index is 3.10. The van der Waals surface area contributed by atoms with E-state index in [4.69, 9.17) is 5.90 Å². The van der Waals surface area contributed by atoms with E-state index < -0.39 is 0 Å². The van der Waals surface area contributed by atoms with Gasteiger partial charge in [0, 0.05) is 14.3 Å². The van der Waals surface area contributed by atoms with E-state index in [1.165, 1.54) is 9.79 Å². The van der Waals surface area contributed by atoms with Crippen LogP contribution in [0.2, 0.25) is 0 Å². The number of nitrogens with two attached hydrogens (primary N) is 1. The van der Waals surface area contributed by atoms with Gasteiger partial charge in [-0.3, -0.25) is 4.84 Å². The van der Waals surface area contributed by atoms with Crippen molar-refractivity contribution < 1.29 is 4.84 Å². The Morgan fingerprint density at radius 3 is 2.57 bits per heavy atom. The Morgan fingerprint density at radius 1 is 1.36 bits per heavy atom. The van der Waals surface area contributed by atoms with Gasteiger partial charge in [-0.15, -0.1) is 23.5 Å². The molecule has 0 unspecified atom stereocenters. The fraction of sp³-hybridized carbons (Fsp3) is 0.333. The number of halogens is 1. The predicted octanol–water partition coefficient (Wildman–Crippen LogP) is 3.28. The SMILES string of the molecule is CSc1cc(CON)cc(Br)c1SC. The van der Waals surface area contributed by atoms with Crippen molar-refractivity contribution in [1.82, 2.24) is 0 Å². The van der Waals surface area contributed by atoms with Gasteiger partial charge in [-0.05, 0) is 46.1 Å². The van der Waals surface area contributed by atoms with E-state index in [1.807, 2.05) is 6.07 Å². The molecule has 0 saturated carbocycles. The van der Waals surface area contributed by atoms with Crippen LogP contribution in [0.4, 0.5) is 0 Å². The van der Waals surface area contributed by atoms with Crippen LogP contribution in [-0.4, -0.2) is 12.5 Å². The molecule has 0 bridgehead atoms. The van der Waals surface area contributed by atoms with Crippen LogP contribution in [-0.2, 0) is 11.4 Å². The van der Waals surface area contributed by atoms with Gasteiger partial charge in [0.15, 0.2) is 0 Å². The lowest BCUT2D eigenvalue weighted by Gasteiger charge is -2.09. The molecule has 0 aliphatic heterocycles. The van der Waals surface area contributed by atoms with Crippen LogP contribution in [0.3, 0.4) is 0 Å². The van der Waals surface area contributed by atoms with Crippen molar-refractivity contribution in [1.29, 1.82) is 0 Å². The van der Waals surface area contributed by atoms with E-state index >= 15 is 0 Å². The van der Waals surface area contributed by atoms with Crippen LogP contribution in [0.5, 0.6) is 0 Å².